The number of carbonyl (C=O) groups is 1. The lowest BCUT2D eigenvalue weighted by Crippen LogP contribution is -2.64. The van der Waals surface area contributed by atoms with Gasteiger partial charge in [-0.05, 0) is 18.9 Å². The molecular formula is C13H12N4O2. The van der Waals surface area contributed by atoms with Crippen molar-refractivity contribution < 1.29 is 4.79 Å². The molecule has 4 heterocycles. The number of amides is 1. The van der Waals surface area contributed by atoms with Gasteiger partial charge in [0.15, 0.2) is 0 Å². The van der Waals surface area contributed by atoms with Gasteiger partial charge in [0.05, 0.1) is 17.2 Å². The Bertz CT molecular complexity index is 779. The number of carbonyl (C=O) groups excluding carboxylic acids is 1. The van der Waals surface area contributed by atoms with Crippen LogP contribution >= 0.6 is 0 Å². The van der Waals surface area contributed by atoms with E-state index in [1.54, 1.807) is 23.0 Å². The summed E-state index contributed by atoms with van der Waals surface area (Å²) in [6.45, 7) is 3.84. The van der Waals surface area contributed by atoms with E-state index in [0.29, 0.717) is 18.4 Å². The van der Waals surface area contributed by atoms with E-state index in [-0.39, 0.29) is 17.5 Å². The minimum atomic E-state index is -0.761. The highest BCUT2D eigenvalue weighted by molar-refractivity contribution is 5.91. The molecule has 6 heteroatoms. The Morgan fingerprint density at radius 1 is 1.42 bits per heavy atom. The van der Waals surface area contributed by atoms with Gasteiger partial charge >= 0.3 is 5.69 Å². The maximum Gasteiger partial charge on any atom is 0.327 e. The molecule has 3 aliphatic rings. The molecule has 19 heavy (non-hydrogen) atoms. The van der Waals surface area contributed by atoms with E-state index < -0.39 is 5.54 Å². The summed E-state index contributed by atoms with van der Waals surface area (Å²) in [5, 5.41) is 2.78. The lowest BCUT2D eigenvalue weighted by Gasteiger charge is -2.52. The van der Waals surface area contributed by atoms with E-state index in [1.807, 2.05) is 0 Å². The van der Waals surface area contributed by atoms with Crippen molar-refractivity contribution in [3.63, 3.8) is 0 Å². The van der Waals surface area contributed by atoms with Crippen molar-refractivity contribution in [2.75, 3.05) is 0 Å². The number of rotatable bonds is 1. The van der Waals surface area contributed by atoms with Gasteiger partial charge in [-0.1, -0.05) is 6.58 Å². The van der Waals surface area contributed by atoms with Crippen molar-refractivity contribution in [3.05, 3.63) is 41.2 Å². The van der Waals surface area contributed by atoms with Crippen LogP contribution in [-0.2, 0) is 10.3 Å². The molecule has 2 bridgehead atoms. The molecule has 5 rings (SSSR count). The molecule has 1 aliphatic carbocycles. The fraction of sp³-hybridized carbons (Fsp3) is 0.308. The molecule has 0 spiro atoms. The van der Waals surface area contributed by atoms with Gasteiger partial charge in [0.25, 0.3) is 5.91 Å². The Morgan fingerprint density at radius 3 is 2.95 bits per heavy atom. The summed E-state index contributed by atoms with van der Waals surface area (Å²) in [7, 11) is 0. The van der Waals surface area contributed by atoms with Crippen LogP contribution in [0, 0.1) is 5.92 Å². The molecule has 2 aromatic heterocycles. The van der Waals surface area contributed by atoms with Crippen molar-refractivity contribution in [1.82, 2.24) is 19.9 Å². The molecule has 1 saturated carbocycles. The SMILES string of the molecule is C=C1NC(=O)C2(n3c(=O)[nH]c4cnccc43)CC1C2. The zero-order valence-electron chi connectivity index (χ0n) is 10.1. The molecule has 3 fully saturated rings. The first-order valence-corrected chi connectivity index (χ1v) is 6.17. The van der Waals surface area contributed by atoms with Crippen LogP contribution in [0.3, 0.4) is 0 Å². The number of piperidine rings is 2. The van der Waals surface area contributed by atoms with E-state index >= 15 is 0 Å². The van der Waals surface area contributed by atoms with Crippen LogP contribution in [0.2, 0.25) is 0 Å². The Hall–Kier alpha value is -2.37. The maximum absolute atomic E-state index is 12.3. The van der Waals surface area contributed by atoms with E-state index in [0.717, 1.165) is 11.2 Å². The normalized spacial score (nSPS) is 29.2. The van der Waals surface area contributed by atoms with Gasteiger partial charge in [0.2, 0.25) is 0 Å². The first-order valence-electron chi connectivity index (χ1n) is 6.17. The molecule has 2 N–H and O–H groups in total. The van der Waals surface area contributed by atoms with Crippen LogP contribution in [0.1, 0.15) is 12.8 Å². The highest BCUT2D eigenvalue weighted by Crippen LogP contribution is 2.50. The number of hydrogen-bond donors (Lipinski definition) is 2. The highest BCUT2D eigenvalue weighted by atomic mass is 16.2. The van der Waals surface area contributed by atoms with E-state index in [1.165, 1.54) is 0 Å². The zero-order chi connectivity index (χ0) is 13.2. The average Bonchev–Trinajstić information content (AvgIpc) is 2.64. The summed E-state index contributed by atoms with van der Waals surface area (Å²) in [5.74, 6) is 0.135. The van der Waals surface area contributed by atoms with Gasteiger partial charge in [-0.2, -0.15) is 0 Å². The summed E-state index contributed by atoms with van der Waals surface area (Å²) >= 11 is 0. The molecule has 0 aromatic carbocycles. The fourth-order valence-electron chi connectivity index (χ4n) is 3.22. The minimum Gasteiger partial charge on any atom is -0.328 e. The molecule has 1 amide bonds. The average molecular weight is 256 g/mol. The molecular weight excluding hydrogens is 244 g/mol. The number of fused-ring (bicyclic) bond motifs is 3. The minimum absolute atomic E-state index is 0.139. The number of allylic oxidation sites excluding steroid dienone is 1. The second-order valence-electron chi connectivity index (χ2n) is 5.27. The first kappa shape index (κ1) is 10.5. The van der Waals surface area contributed by atoms with Gasteiger partial charge in [0.1, 0.15) is 5.54 Å². The van der Waals surface area contributed by atoms with E-state index in [2.05, 4.69) is 21.9 Å². The molecule has 2 saturated heterocycles. The third kappa shape index (κ3) is 1.13. The van der Waals surface area contributed by atoms with Crippen LogP contribution in [0.4, 0.5) is 0 Å². The largest absolute Gasteiger partial charge is 0.328 e. The first-order chi connectivity index (χ1) is 9.12. The summed E-state index contributed by atoms with van der Waals surface area (Å²) in [4.78, 5) is 31.2. The van der Waals surface area contributed by atoms with Crippen molar-refractivity contribution in [1.29, 1.82) is 0 Å². The standard InChI is InChI=1S/C13H12N4O2/c1-7-8-4-13(5-8,11(18)15-7)17-10-2-3-14-6-9(10)16-12(17)19/h2-3,6,8H,1,4-5H2,(H,15,18)(H,16,19). The lowest BCUT2D eigenvalue weighted by atomic mass is 9.63. The monoisotopic (exact) mass is 256 g/mol. The number of nitrogens with one attached hydrogen (secondary N) is 2. The van der Waals surface area contributed by atoms with Crippen molar-refractivity contribution in [2.24, 2.45) is 5.92 Å². The lowest BCUT2D eigenvalue weighted by molar-refractivity contribution is -0.140. The van der Waals surface area contributed by atoms with Crippen LogP contribution in [-0.4, -0.2) is 20.4 Å². The third-order valence-electron chi connectivity index (χ3n) is 4.27. The quantitative estimate of drug-likeness (QED) is 0.778. The number of pyridine rings is 1. The zero-order valence-corrected chi connectivity index (χ0v) is 10.1. The number of aromatic nitrogens is 3. The van der Waals surface area contributed by atoms with Crippen LogP contribution in [0.25, 0.3) is 11.0 Å². The Balaban J connectivity index is 1.97. The highest BCUT2D eigenvalue weighted by Gasteiger charge is 2.57. The van der Waals surface area contributed by atoms with Crippen molar-refractivity contribution in [2.45, 2.75) is 18.4 Å². The van der Waals surface area contributed by atoms with Gasteiger partial charge in [-0.3, -0.25) is 14.3 Å². The maximum atomic E-state index is 12.3. The molecule has 0 radical (unpaired) electrons. The number of aromatic amines is 1. The van der Waals surface area contributed by atoms with Gasteiger partial charge in [-0.25, -0.2) is 4.79 Å². The smallest absolute Gasteiger partial charge is 0.327 e. The molecule has 2 aliphatic heterocycles. The summed E-state index contributed by atoms with van der Waals surface area (Å²) in [5.41, 5.74) is 1.12. The summed E-state index contributed by atoms with van der Waals surface area (Å²) in [6.07, 6.45) is 4.51. The second kappa shape index (κ2) is 3.14. The Labute approximate surface area is 108 Å². The number of nitrogens with zero attached hydrogens (tertiary/aromatic N) is 2. The van der Waals surface area contributed by atoms with Gasteiger partial charge in [0, 0.05) is 17.8 Å². The predicted molar refractivity (Wildman–Crippen MR) is 68.3 cm³/mol. The molecule has 6 nitrogen and oxygen atoms in total. The van der Waals surface area contributed by atoms with Crippen LogP contribution in [0.15, 0.2) is 35.5 Å². The van der Waals surface area contributed by atoms with Crippen LogP contribution in [0.5, 0.6) is 0 Å². The van der Waals surface area contributed by atoms with Crippen molar-refractivity contribution >= 4 is 16.9 Å². The number of H-pyrrole nitrogens is 1. The summed E-state index contributed by atoms with van der Waals surface area (Å²) < 4.78 is 1.57. The third-order valence-corrected chi connectivity index (χ3v) is 4.27. The number of hydrogen-bond acceptors (Lipinski definition) is 3. The molecule has 0 atom stereocenters. The summed E-state index contributed by atoms with van der Waals surface area (Å²) in [6, 6.07) is 1.76. The molecule has 2 aromatic rings. The number of imidazole rings is 1. The van der Waals surface area contributed by atoms with E-state index in [9.17, 15) is 9.59 Å². The van der Waals surface area contributed by atoms with Gasteiger partial charge < -0.3 is 10.3 Å². The van der Waals surface area contributed by atoms with Crippen molar-refractivity contribution in [3.8, 4) is 0 Å². The van der Waals surface area contributed by atoms with Gasteiger partial charge in [-0.15, -0.1) is 0 Å². The van der Waals surface area contributed by atoms with Crippen LogP contribution < -0.4 is 11.0 Å². The molecule has 96 valence electrons. The Morgan fingerprint density at radius 2 is 2.21 bits per heavy atom. The Kier molecular flexibility index (Phi) is 1.74. The topological polar surface area (TPSA) is 79.8 Å². The molecule has 0 unspecified atom stereocenters. The second-order valence-corrected chi connectivity index (χ2v) is 5.27. The van der Waals surface area contributed by atoms with E-state index in [4.69, 9.17) is 0 Å². The predicted octanol–water partition coefficient (Wildman–Crippen LogP) is 0.473. The fourth-order valence-corrected chi connectivity index (χ4v) is 3.22.